The highest BCUT2D eigenvalue weighted by Gasteiger charge is 2.12. The number of carbonyl (C=O) groups excluding carboxylic acids is 1. The largest absolute Gasteiger partial charge is 0.381 e. The van der Waals surface area contributed by atoms with Crippen molar-refractivity contribution in [3.05, 3.63) is 0 Å². The van der Waals surface area contributed by atoms with E-state index in [4.69, 9.17) is 4.74 Å². The molecule has 0 spiro atoms. The lowest BCUT2D eigenvalue weighted by atomic mass is 9.99. The summed E-state index contributed by atoms with van der Waals surface area (Å²) >= 11 is 0. The lowest BCUT2D eigenvalue weighted by Gasteiger charge is -2.17. The van der Waals surface area contributed by atoms with Gasteiger partial charge in [-0.05, 0) is 18.3 Å². The molecule has 0 saturated heterocycles. The van der Waals surface area contributed by atoms with Crippen LogP contribution in [0, 0.1) is 5.41 Å². The summed E-state index contributed by atoms with van der Waals surface area (Å²) in [5.41, 5.74) is 0.234. The van der Waals surface area contributed by atoms with E-state index in [1.54, 1.807) is 0 Å². The molecule has 4 heteroatoms. The van der Waals surface area contributed by atoms with Crippen molar-refractivity contribution in [1.82, 2.24) is 0 Å². The zero-order chi connectivity index (χ0) is 15.6. The molecule has 0 aliphatic carbocycles. The van der Waals surface area contributed by atoms with Gasteiger partial charge in [0.1, 0.15) is 5.78 Å². The monoisotopic (exact) mass is 320 g/mol. The Labute approximate surface area is 133 Å². The Balaban J connectivity index is 3.37. The van der Waals surface area contributed by atoms with Crippen molar-refractivity contribution in [2.45, 2.75) is 72.0 Å². The van der Waals surface area contributed by atoms with Crippen molar-refractivity contribution in [1.29, 1.82) is 0 Å². The highest BCUT2D eigenvalue weighted by molar-refractivity contribution is 8.77. The Kier molecular flexibility index (Phi) is 10.3. The van der Waals surface area contributed by atoms with Gasteiger partial charge in [-0.15, -0.1) is 0 Å². The average molecular weight is 321 g/mol. The Bertz CT molecular complexity index is 265. The predicted octanol–water partition coefficient (Wildman–Crippen LogP) is 5.36. The van der Waals surface area contributed by atoms with E-state index in [2.05, 4.69) is 41.5 Å². The maximum atomic E-state index is 11.7. The second kappa shape index (κ2) is 10.1. The summed E-state index contributed by atoms with van der Waals surface area (Å²) in [7, 11) is 3.67. The van der Waals surface area contributed by atoms with Crippen LogP contribution in [-0.4, -0.2) is 29.5 Å². The lowest BCUT2D eigenvalue weighted by molar-refractivity contribution is -0.118. The van der Waals surface area contributed by atoms with Crippen molar-refractivity contribution in [2.75, 3.05) is 19.0 Å². The molecule has 0 aromatic rings. The van der Waals surface area contributed by atoms with E-state index in [0.717, 1.165) is 31.8 Å². The van der Waals surface area contributed by atoms with E-state index in [9.17, 15) is 4.79 Å². The van der Waals surface area contributed by atoms with E-state index in [0.29, 0.717) is 18.6 Å². The highest BCUT2D eigenvalue weighted by Crippen LogP contribution is 2.35. The Morgan fingerprint density at radius 2 is 1.65 bits per heavy atom. The fraction of sp³-hybridized carbons (Fsp3) is 0.938. The van der Waals surface area contributed by atoms with Crippen LogP contribution in [0.3, 0.4) is 0 Å². The van der Waals surface area contributed by atoms with E-state index in [-0.39, 0.29) is 10.2 Å². The first-order valence-corrected chi connectivity index (χ1v) is 9.82. The molecular formula is C16H32O2S2. The fourth-order valence-electron chi connectivity index (χ4n) is 1.40. The van der Waals surface area contributed by atoms with Gasteiger partial charge in [0.25, 0.3) is 0 Å². The number of rotatable bonds is 10. The van der Waals surface area contributed by atoms with Gasteiger partial charge in [-0.2, -0.15) is 0 Å². The zero-order valence-electron chi connectivity index (χ0n) is 14.1. The van der Waals surface area contributed by atoms with Crippen LogP contribution in [0.1, 0.15) is 67.2 Å². The molecule has 0 radical (unpaired) electrons. The molecular weight excluding hydrogens is 288 g/mol. The summed E-state index contributed by atoms with van der Waals surface area (Å²) in [4.78, 5) is 11.7. The van der Waals surface area contributed by atoms with E-state index >= 15 is 0 Å². The molecule has 0 aromatic carbocycles. The molecule has 0 aliphatic heterocycles. The summed E-state index contributed by atoms with van der Waals surface area (Å²) in [5.74, 6) is 1.32. The predicted molar refractivity (Wildman–Crippen MR) is 93.6 cm³/mol. The van der Waals surface area contributed by atoms with Crippen LogP contribution in [0.25, 0.3) is 0 Å². The van der Waals surface area contributed by atoms with Gasteiger partial charge in [-0.25, -0.2) is 0 Å². The molecule has 0 bridgehead atoms. The molecule has 120 valence electrons. The third-order valence-corrected chi connectivity index (χ3v) is 5.64. The second-order valence-corrected chi connectivity index (χ2v) is 10.6. The van der Waals surface area contributed by atoms with Crippen LogP contribution in [0.5, 0.6) is 0 Å². The summed E-state index contributed by atoms with van der Waals surface area (Å²) in [6, 6.07) is 0. The van der Waals surface area contributed by atoms with Gasteiger partial charge in [0.15, 0.2) is 0 Å². The molecule has 0 heterocycles. The third-order valence-electron chi connectivity index (χ3n) is 2.30. The number of Topliss-reactive ketones (excluding diaryl/α,β-unsaturated/α-hetero) is 1. The van der Waals surface area contributed by atoms with Gasteiger partial charge < -0.3 is 4.74 Å². The van der Waals surface area contributed by atoms with Crippen molar-refractivity contribution < 1.29 is 9.53 Å². The minimum absolute atomic E-state index is 0.234. The van der Waals surface area contributed by atoms with Crippen LogP contribution in [0.15, 0.2) is 0 Å². The summed E-state index contributed by atoms with van der Waals surface area (Å²) < 4.78 is 5.87. The van der Waals surface area contributed by atoms with Crippen LogP contribution in [0.2, 0.25) is 0 Å². The standard InChI is InChI=1S/C16H32O2S2/c1-15(2,3)13-18-11-8-7-9-14(17)10-12-19-20-16(4,5)6/h7-13H2,1-6H3. The Morgan fingerprint density at radius 3 is 2.20 bits per heavy atom. The molecule has 0 saturated carbocycles. The zero-order valence-corrected chi connectivity index (χ0v) is 15.7. The van der Waals surface area contributed by atoms with Gasteiger partial charge in [0.2, 0.25) is 0 Å². The van der Waals surface area contributed by atoms with E-state index in [1.165, 1.54) is 0 Å². The van der Waals surface area contributed by atoms with Crippen LogP contribution >= 0.6 is 21.6 Å². The molecule has 0 rings (SSSR count). The van der Waals surface area contributed by atoms with E-state index < -0.39 is 0 Å². The number of hydrogen-bond donors (Lipinski definition) is 0. The number of ether oxygens (including phenoxy) is 1. The summed E-state index contributed by atoms with van der Waals surface area (Å²) in [6.07, 6.45) is 3.36. The molecule has 20 heavy (non-hydrogen) atoms. The minimum atomic E-state index is 0.234. The minimum Gasteiger partial charge on any atom is -0.381 e. The van der Waals surface area contributed by atoms with Gasteiger partial charge in [0.05, 0.1) is 6.61 Å². The smallest absolute Gasteiger partial charge is 0.133 e. The van der Waals surface area contributed by atoms with Crippen molar-refractivity contribution in [3.8, 4) is 0 Å². The van der Waals surface area contributed by atoms with E-state index in [1.807, 2.05) is 21.6 Å². The van der Waals surface area contributed by atoms with Crippen LogP contribution in [0.4, 0.5) is 0 Å². The molecule has 0 aliphatic rings. The fourth-order valence-corrected chi connectivity index (χ4v) is 3.71. The molecule has 2 nitrogen and oxygen atoms in total. The number of unbranched alkanes of at least 4 members (excludes halogenated alkanes) is 1. The maximum Gasteiger partial charge on any atom is 0.133 e. The first kappa shape index (κ1) is 20.3. The normalized spacial score (nSPS) is 12.7. The Hall–Kier alpha value is 0.330. The lowest BCUT2D eigenvalue weighted by Crippen LogP contribution is -2.15. The van der Waals surface area contributed by atoms with Crippen molar-refractivity contribution in [3.63, 3.8) is 0 Å². The number of ketones is 1. The quantitative estimate of drug-likeness (QED) is 0.400. The van der Waals surface area contributed by atoms with Crippen LogP contribution < -0.4 is 0 Å². The van der Waals surface area contributed by atoms with Crippen molar-refractivity contribution in [2.24, 2.45) is 5.41 Å². The van der Waals surface area contributed by atoms with Crippen LogP contribution in [-0.2, 0) is 9.53 Å². The molecule has 0 atom stereocenters. The summed E-state index contributed by atoms with van der Waals surface area (Å²) in [5, 5.41) is 0. The van der Waals surface area contributed by atoms with Gasteiger partial charge in [-0.3, -0.25) is 4.79 Å². The highest BCUT2D eigenvalue weighted by atomic mass is 33.1. The Morgan fingerprint density at radius 1 is 1.00 bits per heavy atom. The summed E-state index contributed by atoms with van der Waals surface area (Å²) in [6.45, 7) is 14.7. The van der Waals surface area contributed by atoms with Gasteiger partial charge in [-0.1, -0.05) is 63.1 Å². The third kappa shape index (κ3) is 16.4. The second-order valence-electron chi connectivity index (χ2n) is 7.38. The first-order valence-electron chi connectivity index (χ1n) is 7.50. The van der Waals surface area contributed by atoms with Gasteiger partial charge >= 0.3 is 0 Å². The SMILES string of the molecule is CC(C)(C)COCCCCC(=O)CCSSC(C)(C)C. The molecule has 0 amide bonds. The molecule has 0 fully saturated rings. The molecule has 0 unspecified atom stereocenters. The van der Waals surface area contributed by atoms with Gasteiger partial charge in [0, 0.05) is 29.9 Å². The first-order chi connectivity index (χ1) is 9.10. The van der Waals surface area contributed by atoms with Crippen molar-refractivity contribution >= 4 is 27.4 Å². The number of hydrogen-bond acceptors (Lipinski definition) is 4. The topological polar surface area (TPSA) is 26.3 Å². The average Bonchev–Trinajstić information content (AvgIpc) is 2.26. The number of carbonyl (C=O) groups is 1. The molecule has 0 N–H and O–H groups in total. The molecule has 0 aromatic heterocycles. The maximum absolute atomic E-state index is 11.7.